The fourth-order valence-corrected chi connectivity index (χ4v) is 11.3. The Labute approximate surface area is 424 Å². The van der Waals surface area contributed by atoms with Crippen molar-refractivity contribution in [3.05, 3.63) is 285 Å². The smallest absolute Gasteiger partial charge is 0.0541 e. The van der Waals surface area contributed by atoms with Crippen molar-refractivity contribution in [2.45, 2.75) is 0 Å². The number of anilines is 6. The van der Waals surface area contributed by atoms with E-state index < -0.39 is 0 Å². The van der Waals surface area contributed by atoms with Gasteiger partial charge < -0.3 is 14.4 Å². The van der Waals surface area contributed by atoms with Crippen molar-refractivity contribution >= 4 is 99.0 Å². The van der Waals surface area contributed by atoms with Gasteiger partial charge in [-0.25, -0.2) is 0 Å². The summed E-state index contributed by atoms with van der Waals surface area (Å²) in [6, 6.07) is 104. The van der Waals surface area contributed by atoms with Gasteiger partial charge in [0.2, 0.25) is 0 Å². The van der Waals surface area contributed by atoms with Crippen molar-refractivity contribution in [1.82, 2.24) is 4.57 Å². The van der Waals surface area contributed by atoms with E-state index in [0.29, 0.717) is 0 Å². The average Bonchev–Trinajstić information content (AvgIpc) is 3.79. The quantitative estimate of drug-likeness (QED) is 0.134. The zero-order valence-electron chi connectivity index (χ0n) is 40.0. The number of hydrogen-bond donors (Lipinski definition) is 0. The number of para-hydroxylation sites is 3. The van der Waals surface area contributed by atoms with E-state index in [1.54, 1.807) is 0 Å². The van der Waals surface area contributed by atoms with Gasteiger partial charge >= 0.3 is 0 Å². The largest absolute Gasteiger partial charge is 0.311 e. The molecule has 0 N–H and O–H groups in total. The lowest BCUT2D eigenvalue weighted by Gasteiger charge is -2.27. The summed E-state index contributed by atoms with van der Waals surface area (Å²) in [5, 5.41) is 12.5. The van der Waals surface area contributed by atoms with Crippen LogP contribution in [0.2, 0.25) is 0 Å². The van der Waals surface area contributed by atoms with Gasteiger partial charge in [-0.15, -0.1) is 0 Å². The molecule has 73 heavy (non-hydrogen) atoms. The maximum absolute atomic E-state index is 2.47. The fourth-order valence-electron chi connectivity index (χ4n) is 11.3. The van der Waals surface area contributed by atoms with Gasteiger partial charge in [-0.1, -0.05) is 182 Å². The van der Waals surface area contributed by atoms with Crippen LogP contribution in [0, 0.1) is 0 Å². The average molecular weight is 930 g/mol. The minimum absolute atomic E-state index is 1.10. The number of benzene rings is 13. The van der Waals surface area contributed by atoms with Crippen molar-refractivity contribution < 1.29 is 0 Å². The third-order valence-corrected chi connectivity index (χ3v) is 14.7. The molecule has 0 atom stereocenters. The lowest BCUT2D eigenvalue weighted by molar-refractivity contribution is 1.19. The summed E-state index contributed by atoms with van der Waals surface area (Å²) >= 11 is 0. The summed E-state index contributed by atoms with van der Waals surface area (Å²) in [5.74, 6) is 0. The van der Waals surface area contributed by atoms with E-state index in [9.17, 15) is 0 Å². The van der Waals surface area contributed by atoms with Crippen LogP contribution >= 0.6 is 0 Å². The summed E-state index contributed by atoms with van der Waals surface area (Å²) in [6.07, 6.45) is 0. The number of aromatic nitrogens is 1. The normalized spacial score (nSPS) is 11.6. The maximum atomic E-state index is 2.47. The maximum Gasteiger partial charge on any atom is 0.0541 e. The number of fused-ring (bicyclic) bond motifs is 10. The summed E-state index contributed by atoms with van der Waals surface area (Å²) < 4.78 is 2.47. The topological polar surface area (TPSA) is 11.4 Å². The minimum Gasteiger partial charge on any atom is -0.311 e. The van der Waals surface area contributed by atoms with E-state index in [1.807, 2.05) is 0 Å². The first kappa shape index (κ1) is 42.2. The van der Waals surface area contributed by atoms with Crippen LogP contribution in [0.3, 0.4) is 0 Å². The molecule has 0 radical (unpaired) electrons. The Hall–Kier alpha value is -9.70. The molecule has 3 heteroatoms. The zero-order valence-corrected chi connectivity index (χ0v) is 40.0. The lowest BCUT2D eigenvalue weighted by Crippen LogP contribution is -2.10. The standard InChI is InChI=1S/C70H47N3/c1-4-19-53(20-5-1)71(54-21-6-2-7-22-54)56-37-31-48(32-38-56)51-35-43-69-66(45-51)67-46-52(49-33-39-57(40-34-49)72(55-23-8-3-9-24-55)68-30-16-18-50-17-10-11-25-59(50)68)36-44-70(67)73(69)58-41-42-64-62-28-13-12-26-60(62)61-27-14-15-29-63(61)65(64)47-58/h1-47H. The molecule has 0 aliphatic heterocycles. The van der Waals surface area contributed by atoms with E-state index in [1.165, 1.54) is 76.0 Å². The van der Waals surface area contributed by atoms with E-state index in [4.69, 9.17) is 0 Å². The number of hydrogen-bond acceptors (Lipinski definition) is 2. The van der Waals surface area contributed by atoms with Gasteiger partial charge in [-0.3, -0.25) is 0 Å². The molecule has 3 nitrogen and oxygen atoms in total. The molecule has 13 aromatic carbocycles. The second-order valence-corrected chi connectivity index (χ2v) is 18.9. The number of rotatable bonds is 9. The van der Waals surface area contributed by atoms with E-state index in [2.05, 4.69) is 299 Å². The highest BCUT2D eigenvalue weighted by molar-refractivity contribution is 6.25. The number of nitrogens with zero attached hydrogens (tertiary/aromatic N) is 3. The molecule has 0 aliphatic carbocycles. The molecule has 1 heterocycles. The molecule has 0 saturated carbocycles. The highest BCUT2D eigenvalue weighted by atomic mass is 15.1. The first-order chi connectivity index (χ1) is 36.2. The Morgan fingerprint density at radius 2 is 0.603 bits per heavy atom. The van der Waals surface area contributed by atoms with Gasteiger partial charge in [-0.2, -0.15) is 0 Å². The Morgan fingerprint density at radius 3 is 1.12 bits per heavy atom. The molecule has 0 aliphatic rings. The molecule has 1 aromatic heterocycles. The van der Waals surface area contributed by atoms with E-state index in [-0.39, 0.29) is 0 Å². The lowest BCUT2D eigenvalue weighted by atomic mass is 9.94. The molecule has 0 bridgehead atoms. The second-order valence-electron chi connectivity index (χ2n) is 18.9. The fraction of sp³-hybridized carbons (Fsp3) is 0. The van der Waals surface area contributed by atoms with Crippen molar-refractivity contribution in [3.8, 4) is 27.9 Å². The predicted molar refractivity (Wildman–Crippen MR) is 311 cm³/mol. The van der Waals surface area contributed by atoms with Gasteiger partial charge in [0.05, 0.1) is 16.7 Å². The Morgan fingerprint density at radius 1 is 0.219 bits per heavy atom. The molecule has 0 saturated heterocycles. The van der Waals surface area contributed by atoms with E-state index >= 15 is 0 Å². The molecule has 0 unspecified atom stereocenters. The molecule has 0 fully saturated rings. The molecule has 14 aromatic rings. The predicted octanol–water partition coefficient (Wildman–Crippen LogP) is 19.7. The van der Waals surface area contributed by atoms with Crippen LogP contribution in [0.5, 0.6) is 0 Å². The molecule has 342 valence electrons. The molecule has 14 rings (SSSR count). The van der Waals surface area contributed by atoms with Gasteiger partial charge in [0.15, 0.2) is 0 Å². The highest BCUT2D eigenvalue weighted by Gasteiger charge is 2.19. The highest BCUT2D eigenvalue weighted by Crippen LogP contribution is 2.43. The summed E-state index contributed by atoms with van der Waals surface area (Å²) in [6.45, 7) is 0. The summed E-state index contributed by atoms with van der Waals surface area (Å²) in [4.78, 5) is 4.68. The van der Waals surface area contributed by atoms with Crippen LogP contribution in [0.1, 0.15) is 0 Å². The van der Waals surface area contributed by atoms with Crippen molar-refractivity contribution in [2.24, 2.45) is 0 Å². The van der Waals surface area contributed by atoms with Crippen LogP contribution in [0.25, 0.3) is 92.8 Å². The van der Waals surface area contributed by atoms with Gasteiger partial charge in [-0.05, 0) is 163 Å². The SMILES string of the molecule is c1ccc(N(c2ccccc2)c2ccc(-c3ccc4c(c3)c3cc(-c5ccc(N(c6ccccc6)c6cccc7ccccc67)cc5)ccc3n4-c3ccc4c5ccccc5c5ccccc5c4c3)cc2)cc1. The van der Waals surface area contributed by atoms with Gasteiger partial charge in [0.25, 0.3) is 0 Å². The molecule has 0 spiro atoms. The Kier molecular flexibility index (Phi) is 10.2. The van der Waals surface area contributed by atoms with Crippen molar-refractivity contribution in [1.29, 1.82) is 0 Å². The molecule has 0 amide bonds. The summed E-state index contributed by atoms with van der Waals surface area (Å²) in [5.41, 5.74) is 14.9. The van der Waals surface area contributed by atoms with Crippen LogP contribution < -0.4 is 9.80 Å². The van der Waals surface area contributed by atoms with Crippen LogP contribution in [-0.2, 0) is 0 Å². The van der Waals surface area contributed by atoms with Crippen LogP contribution in [0.4, 0.5) is 34.1 Å². The molecular weight excluding hydrogens is 883 g/mol. The first-order valence-corrected chi connectivity index (χ1v) is 25.1. The zero-order chi connectivity index (χ0) is 48.2. The van der Waals surface area contributed by atoms with E-state index in [0.717, 1.165) is 50.9 Å². The van der Waals surface area contributed by atoms with Gasteiger partial charge in [0, 0.05) is 50.3 Å². The van der Waals surface area contributed by atoms with Crippen molar-refractivity contribution in [3.63, 3.8) is 0 Å². The minimum atomic E-state index is 1.10. The molecular formula is C70H47N3. The monoisotopic (exact) mass is 929 g/mol. The van der Waals surface area contributed by atoms with Crippen LogP contribution in [-0.4, -0.2) is 4.57 Å². The van der Waals surface area contributed by atoms with Gasteiger partial charge in [0.1, 0.15) is 0 Å². The first-order valence-electron chi connectivity index (χ1n) is 25.1. The van der Waals surface area contributed by atoms with Crippen LogP contribution in [0.15, 0.2) is 285 Å². The summed E-state index contributed by atoms with van der Waals surface area (Å²) in [7, 11) is 0. The Balaban J connectivity index is 0.917. The second kappa shape index (κ2) is 17.6. The third-order valence-electron chi connectivity index (χ3n) is 14.7. The Bertz CT molecular complexity index is 4270. The third kappa shape index (κ3) is 7.29. The van der Waals surface area contributed by atoms with Crippen molar-refractivity contribution in [2.75, 3.05) is 9.80 Å².